The number of likely N-dealkylation sites (tertiary alicyclic amines) is 1. The summed E-state index contributed by atoms with van der Waals surface area (Å²) in [5.41, 5.74) is 5.27. The van der Waals surface area contributed by atoms with Crippen molar-refractivity contribution in [1.29, 1.82) is 0 Å². The fourth-order valence-electron chi connectivity index (χ4n) is 3.76. The highest BCUT2D eigenvalue weighted by Crippen LogP contribution is 2.40. The third-order valence-corrected chi connectivity index (χ3v) is 4.98. The first kappa shape index (κ1) is 16.7. The Morgan fingerprint density at radius 3 is 2.57 bits per heavy atom. The molecule has 122 valence electrons. The normalized spacial score (nSPS) is 27.0. The molecule has 0 aromatic heterocycles. The third-order valence-electron chi connectivity index (χ3n) is 4.98. The molecule has 0 aromatic rings. The number of hydrogen-bond donors (Lipinski definition) is 2. The maximum Gasteiger partial charge on any atom is 0.239 e. The summed E-state index contributed by atoms with van der Waals surface area (Å²) in [6, 6.07) is 0.788. The molecule has 2 unspecified atom stereocenters. The van der Waals surface area contributed by atoms with Crippen molar-refractivity contribution in [3.63, 3.8) is 0 Å². The molecule has 1 amide bonds. The molecule has 0 radical (unpaired) electrons. The lowest BCUT2D eigenvalue weighted by atomic mass is 9.89. The van der Waals surface area contributed by atoms with Gasteiger partial charge in [-0.15, -0.1) is 0 Å². The molecular weight excluding hydrogens is 264 g/mol. The summed E-state index contributed by atoms with van der Waals surface area (Å²) in [7, 11) is 4.32. The van der Waals surface area contributed by atoms with Crippen molar-refractivity contribution in [3.8, 4) is 0 Å². The van der Waals surface area contributed by atoms with Crippen LogP contribution in [-0.4, -0.2) is 67.1 Å². The molecule has 21 heavy (non-hydrogen) atoms. The van der Waals surface area contributed by atoms with Gasteiger partial charge in [0, 0.05) is 25.2 Å². The van der Waals surface area contributed by atoms with Gasteiger partial charge in [0.15, 0.2) is 0 Å². The standard InChI is InChI=1S/C16H32N4O/c1-12(2)18-16(15(17)21,13-7-8-13)11-20(4)14-6-5-9-19(3)10-14/h12-14,18H,5-11H2,1-4H3,(H2,17,21). The molecule has 5 heteroatoms. The van der Waals surface area contributed by atoms with Crippen LogP contribution in [0.5, 0.6) is 0 Å². The SMILES string of the molecule is CC(C)NC(CN(C)C1CCCN(C)C1)(C(N)=O)C1CC1. The molecule has 0 bridgehead atoms. The first-order valence-corrected chi connectivity index (χ1v) is 8.31. The topological polar surface area (TPSA) is 61.6 Å². The average molecular weight is 296 g/mol. The minimum Gasteiger partial charge on any atom is -0.368 e. The van der Waals surface area contributed by atoms with Gasteiger partial charge in [-0.05, 0) is 66.1 Å². The van der Waals surface area contributed by atoms with E-state index in [4.69, 9.17) is 5.73 Å². The van der Waals surface area contributed by atoms with Crippen molar-refractivity contribution in [1.82, 2.24) is 15.1 Å². The number of nitrogens with two attached hydrogens (primary N) is 1. The van der Waals surface area contributed by atoms with Gasteiger partial charge in [-0.1, -0.05) is 0 Å². The van der Waals surface area contributed by atoms with E-state index in [1.54, 1.807) is 0 Å². The molecule has 3 N–H and O–H groups in total. The lowest BCUT2D eigenvalue weighted by molar-refractivity contribution is -0.127. The molecular formula is C16H32N4O. The molecule has 1 saturated carbocycles. The summed E-state index contributed by atoms with van der Waals surface area (Å²) in [6.45, 7) is 7.17. The van der Waals surface area contributed by atoms with E-state index in [0.717, 1.165) is 25.9 Å². The minimum absolute atomic E-state index is 0.185. The number of carbonyl (C=O) groups is 1. The zero-order valence-corrected chi connectivity index (χ0v) is 14.1. The van der Waals surface area contributed by atoms with Crippen LogP contribution in [-0.2, 0) is 4.79 Å². The second-order valence-corrected chi connectivity index (χ2v) is 7.38. The number of amides is 1. The van der Waals surface area contributed by atoms with E-state index in [2.05, 4.69) is 43.1 Å². The molecule has 1 heterocycles. The Morgan fingerprint density at radius 1 is 1.43 bits per heavy atom. The van der Waals surface area contributed by atoms with Crippen LogP contribution in [0.1, 0.15) is 39.5 Å². The van der Waals surface area contributed by atoms with E-state index in [1.165, 1.54) is 19.4 Å². The summed E-state index contributed by atoms with van der Waals surface area (Å²) >= 11 is 0. The van der Waals surface area contributed by atoms with Crippen LogP contribution in [0.2, 0.25) is 0 Å². The van der Waals surface area contributed by atoms with Gasteiger partial charge in [0.05, 0.1) is 0 Å². The van der Waals surface area contributed by atoms with Gasteiger partial charge in [0.25, 0.3) is 0 Å². The fraction of sp³-hybridized carbons (Fsp3) is 0.938. The molecule has 1 aliphatic carbocycles. The first-order valence-electron chi connectivity index (χ1n) is 8.31. The lowest BCUT2D eigenvalue weighted by Crippen LogP contribution is -2.65. The van der Waals surface area contributed by atoms with E-state index < -0.39 is 5.54 Å². The number of piperidine rings is 1. The molecule has 1 aliphatic heterocycles. The summed E-state index contributed by atoms with van der Waals surface area (Å²) in [5, 5.41) is 3.51. The van der Waals surface area contributed by atoms with Crippen molar-refractivity contribution in [2.24, 2.45) is 11.7 Å². The van der Waals surface area contributed by atoms with Crippen LogP contribution in [0.25, 0.3) is 0 Å². The second-order valence-electron chi connectivity index (χ2n) is 7.38. The predicted molar refractivity (Wildman–Crippen MR) is 86.1 cm³/mol. The third kappa shape index (κ3) is 3.96. The molecule has 1 saturated heterocycles. The monoisotopic (exact) mass is 296 g/mol. The van der Waals surface area contributed by atoms with Crippen molar-refractivity contribution >= 4 is 5.91 Å². The van der Waals surface area contributed by atoms with Gasteiger partial charge in [-0.25, -0.2) is 0 Å². The number of primary amides is 1. The van der Waals surface area contributed by atoms with Crippen molar-refractivity contribution < 1.29 is 4.79 Å². The number of carbonyl (C=O) groups excluding carboxylic acids is 1. The molecule has 5 nitrogen and oxygen atoms in total. The highest BCUT2D eigenvalue weighted by Gasteiger charge is 2.51. The number of rotatable bonds is 7. The molecule has 0 spiro atoms. The molecule has 2 fully saturated rings. The highest BCUT2D eigenvalue weighted by atomic mass is 16.1. The summed E-state index contributed by atoms with van der Waals surface area (Å²) in [6.07, 6.45) is 4.67. The Hall–Kier alpha value is -0.650. The largest absolute Gasteiger partial charge is 0.368 e. The quantitative estimate of drug-likeness (QED) is 0.724. The van der Waals surface area contributed by atoms with Crippen molar-refractivity contribution in [2.45, 2.75) is 57.2 Å². The van der Waals surface area contributed by atoms with Crippen LogP contribution in [0.3, 0.4) is 0 Å². The van der Waals surface area contributed by atoms with Crippen LogP contribution in [0, 0.1) is 5.92 Å². The van der Waals surface area contributed by atoms with Crippen LogP contribution < -0.4 is 11.1 Å². The van der Waals surface area contributed by atoms with Crippen LogP contribution >= 0.6 is 0 Å². The maximum atomic E-state index is 12.2. The summed E-state index contributed by atoms with van der Waals surface area (Å²) in [4.78, 5) is 17.0. The Balaban J connectivity index is 2.08. The smallest absolute Gasteiger partial charge is 0.239 e. The lowest BCUT2D eigenvalue weighted by Gasteiger charge is -2.42. The molecule has 2 aliphatic rings. The number of likely N-dealkylation sites (N-methyl/N-ethyl adjacent to an activating group) is 2. The van der Waals surface area contributed by atoms with E-state index in [1.807, 2.05) is 0 Å². The Bertz CT molecular complexity index is 369. The van der Waals surface area contributed by atoms with E-state index in [9.17, 15) is 4.79 Å². The average Bonchev–Trinajstić information content (AvgIpc) is 3.21. The van der Waals surface area contributed by atoms with Gasteiger partial charge in [-0.3, -0.25) is 15.0 Å². The van der Waals surface area contributed by atoms with E-state index >= 15 is 0 Å². The second kappa shape index (κ2) is 6.63. The van der Waals surface area contributed by atoms with Gasteiger partial charge in [0.2, 0.25) is 5.91 Å². The summed E-state index contributed by atoms with van der Waals surface area (Å²) < 4.78 is 0. The van der Waals surface area contributed by atoms with Gasteiger partial charge in [-0.2, -0.15) is 0 Å². The molecule has 2 rings (SSSR count). The van der Waals surface area contributed by atoms with Crippen molar-refractivity contribution in [2.75, 3.05) is 33.7 Å². The zero-order valence-electron chi connectivity index (χ0n) is 14.1. The molecule has 0 aromatic carbocycles. The Labute approximate surface area is 129 Å². The van der Waals surface area contributed by atoms with Gasteiger partial charge >= 0.3 is 0 Å². The Morgan fingerprint density at radius 2 is 2.10 bits per heavy atom. The van der Waals surface area contributed by atoms with Crippen LogP contribution in [0.4, 0.5) is 0 Å². The van der Waals surface area contributed by atoms with E-state index in [0.29, 0.717) is 12.0 Å². The maximum absolute atomic E-state index is 12.2. The van der Waals surface area contributed by atoms with Crippen LogP contribution in [0.15, 0.2) is 0 Å². The summed E-state index contributed by atoms with van der Waals surface area (Å²) in [5.74, 6) is 0.218. The van der Waals surface area contributed by atoms with Crippen molar-refractivity contribution in [3.05, 3.63) is 0 Å². The number of hydrogen-bond acceptors (Lipinski definition) is 4. The van der Waals surface area contributed by atoms with E-state index in [-0.39, 0.29) is 11.9 Å². The van der Waals surface area contributed by atoms with Gasteiger partial charge in [0.1, 0.15) is 5.54 Å². The van der Waals surface area contributed by atoms with Gasteiger partial charge < -0.3 is 10.6 Å². The first-order chi connectivity index (χ1) is 9.85. The number of nitrogens with zero attached hydrogens (tertiary/aromatic N) is 2. The Kier molecular flexibility index (Phi) is 5.28. The minimum atomic E-state index is -0.557. The molecule has 2 atom stereocenters. The number of nitrogens with one attached hydrogen (secondary N) is 1. The predicted octanol–water partition coefficient (Wildman–Crippen LogP) is 0.645. The zero-order chi connectivity index (χ0) is 15.6. The highest BCUT2D eigenvalue weighted by molar-refractivity contribution is 5.86. The fourth-order valence-corrected chi connectivity index (χ4v) is 3.76.